The summed E-state index contributed by atoms with van der Waals surface area (Å²) in [4.78, 5) is 51.0. The van der Waals surface area contributed by atoms with Gasteiger partial charge < -0.3 is 0 Å². The van der Waals surface area contributed by atoms with Gasteiger partial charge in [-0.25, -0.2) is 0 Å². The first-order valence-electron chi connectivity index (χ1n) is 16.5. The third-order valence-corrected chi connectivity index (χ3v) is 17.5. The summed E-state index contributed by atoms with van der Waals surface area (Å²) in [5, 5.41) is 27.1. The molecule has 6 aromatic carbocycles. The van der Waals surface area contributed by atoms with E-state index in [9.17, 15) is 29.8 Å². The number of benzene rings is 6. The Kier molecular flexibility index (Phi) is 11.0. The van der Waals surface area contributed by atoms with Gasteiger partial charge in [0.2, 0.25) is 0 Å². The van der Waals surface area contributed by atoms with Crippen molar-refractivity contribution in [1.82, 2.24) is 0 Å². The van der Waals surface area contributed by atoms with E-state index in [2.05, 4.69) is 0 Å². The zero-order valence-electron chi connectivity index (χ0n) is 28.0. The lowest BCUT2D eigenvalue weighted by Crippen LogP contribution is -2.29. The van der Waals surface area contributed by atoms with Crippen LogP contribution in [0.2, 0.25) is 0 Å². The van der Waals surface area contributed by atoms with Crippen LogP contribution < -0.4 is 21.2 Å². The summed E-state index contributed by atoms with van der Waals surface area (Å²) >= 11 is 0. The number of ketones is 2. The predicted molar refractivity (Wildman–Crippen MR) is 215 cm³/mol. The lowest BCUT2D eigenvalue weighted by atomic mass is 10.1. The third-order valence-electron chi connectivity index (χ3n) is 9.03. The molecule has 0 bridgehead atoms. The fraction of sp³-hybridized carbons (Fsp3) is 0.0476. The average molecular weight is 725 g/mol. The molecule has 6 aromatic rings. The summed E-state index contributed by atoms with van der Waals surface area (Å²) in [5.41, 5.74) is 0.0833. The maximum Gasteiger partial charge on any atom is 0.270 e. The topological polar surface area (TPSA) is 120 Å². The zero-order valence-corrected chi connectivity index (χ0v) is 29.8. The minimum atomic E-state index is -2.77. The molecule has 6 rings (SSSR count). The van der Waals surface area contributed by atoms with E-state index >= 15 is 0 Å². The average Bonchev–Trinajstić information content (AvgIpc) is 3.20. The largest absolute Gasteiger partial charge is 0.289 e. The lowest BCUT2D eigenvalue weighted by molar-refractivity contribution is -0.385. The Hall–Kier alpha value is -5.94. The van der Waals surface area contributed by atoms with Gasteiger partial charge >= 0.3 is 0 Å². The van der Waals surface area contributed by atoms with Gasteiger partial charge in [0.15, 0.2) is 11.6 Å². The van der Waals surface area contributed by atoms with Crippen LogP contribution >= 0.6 is 13.8 Å². The Balaban J connectivity index is 1.62. The molecular weight excluding hydrogens is 690 g/mol. The van der Waals surface area contributed by atoms with Crippen molar-refractivity contribution in [2.45, 2.75) is 0 Å². The first kappa shape index (κ1) is 35.9. The summed E-state index contributed by atoms with van der Waals surface area (Å²) in [6, 6.07) is 50.8. The van der Waals surface area contributed by atoms with Crippen molar-refractivity contribution in [2.75, 3.05) is 12.3 Å². The Bertz CT molecular complexity index is 2110. The Morgan fingerprint density at radius 1 is 0.442 bits per heavy atom. The van der Waals surface area contributed by atoms with E-state index in [1.54, 1.807) is 23.7 Å². The number of nitro groups is 2. The molecule has 0 unspecified atom stereocenters. The molecule has 0 saturated carbocycles. The fourth-order valence-corrected chi connectivity index (χ4v) is 15.4. The van der Waals surface area contributed by atoms with Crippen LogP contribution in [-0.2, 0) is 0 Å². The van der Waals surface area contributed by atoms with E-state index in [-0.39, 0.29) is 34.1 Å². The van der Waals surface area contributed by atoms with Crippen molar-refractivity contribution < 1.29 is 19.4 Å². The number of hydrogen-bond acceptors (Lipinski definition) is 6. The quantitative estimate of drug-likeness (QED) is 0.0527. The van der Waals surface area contributed by atoms with E-state index in [1.807, 2.05) is 121 Å². The molecule has 0 aromatic heterocycles. The van der Waals surface area contributed by atoms with Gasteiger partial charge in [-0.05, 0) is 58.9 Å². The van der Waals surface area contributed by atoms with Crippen LogP contribution in [0.1, 0.15) is 20.7 Å². The second-order valence-electron chi connectivity index (χ2n) is 12.1. The van der Waals surface area contributed by atoms with Gasteiger partial charge in [-0.2, -0.15) is 0 Å². The fourth-order valence-electron chi connectivity index (χ4n) is 6.43. The lowest BCUT2D eigenvalue weighted by Gasteiger charge is -2.33. The molecule has 0 heterocycles. The normalized spacial score (nSPS) is 11.3. The molecular formula is C42H34N2O6P2. The van der Waals surface area contributed by atoms with Crippen molar-refractivity contribution in [3.8, 4) is 0 Å². The second kappa shape index (κ2) is 15.9. The molecule has 0 radical (unpaired) electrons. The van der Waals surface area contributed by atoms with Gasteiger partial charge in [0.25, 0.3) is 11.4 Å². The van der Waals surface area contributed by atoms with E-state index in [0.29, 0.717) is 12.3 Å². The summed E-state index contributed by atoms with van der Waals surface area (Å²) < 4.78 is 0. The van der Waals surface area contributed by atoms with E-state index in [1.165, 1.54) is 36.4 Å². The Morgan fingerprint density at radius 2 is 0.731 bits per heavy atom. The number of nitrogens with zero attached hydrogens (tertiary/aromatic N) is 2. The van der Waals surface area contributed by atoms with Gasteiger partial charge in [0, 0.05) is 35.4 Å². The molecule has 10 heteroatoms. The molecule has 0 N–H and O–H groups in total. The Morgan fingerprint density at radius 3 is 1.00 bits per heavy atom. The number of carbonyl (C=O) groups excluding carboxylic acids is 2. The number of carbonyl (C=O) groups is 2. The van der Waals surface area contributed by atoms with Gasteiger partial charge in [-0.1, -0.05) is 146 Å². The molecule has 258 valence electrons. The maximum absolute atomic E-state index is 14.3. The minimum Gasteiger partial charge on any atom is -0.289 e. The highest BCUT2D eigenvalue weighted by atomic mass is 31.2. The first-order valence-corrected chi connectivity index (χ1v) is 20.6. The molecule has 0 spiro atoms. The molecule has 0 aliphatic heterocycles. The maximum atomic E-state index is 14.3. The van der Waals surface area contributed by atoms with Gasteiger partial charge in [-0.15, -0.1) is 0 Å². The molecule has 0 amide bonds. The highest BCUT2D eigenvalue weighted by molar-refractivity contribution is 7.92. The monoisotopic (exact) mass is 724 g/mol. The molecule has 8 nitrogen and oxygen atoms in total. The second-order valence-corrected chi connectivity index (χ2v) is 19.1. The van der Waals surface area contributed by atoms with Crippen LogP contribution in [0.4, 0.5) is 11.4 Å². The van der Waals surface area contributed by atoms with Crippen LogP contribution in [0, 0.1) is 20.2 Å². The van der Waals surface area contributed by atoms with Gasteiger partial charge in [0.1, 0.15) is 0 Å². The van der Waals surface area contributed by atoms with Crippen molar-refractivity contribution in [2.24, 2.45) is 0 Å². The van der Waals surface area contributed by atoms with Crippen LogP contribution in [0.25, 0.3) is 0 Å². The SMILES string of the molecule is O=C(C=P(CCP(=CC(=O)c1cccc([N+](=O)[O-])c1)(c1ccccc1)c1ccccc1)(c1ccccc1)c1ccccc1)c1cccc([N+](=O)[O-])c1. The number of hydrogen-bond donors (Lipinski definition) is 0. The number of non-ortho nitro benzene ring substituents is 2. The van der Waals surface area contributed by atoms with Crippen LogP contribution in [-0.4, -0.2) is 45.3 Å². The van der Waals surface area contributed by atoms with Crippen LogP contribution in [0.15, 0.2) is 170 Å². The van der Waals surface area contributed by atoms with Crippen molar-refractivity contribution in [1.29, 1.82) is 0 Å². The number of nitro benzene ring substituents is 2. The molecule has 0 aliphatic carbocycles. The molecule has 0 atom stereocenters. The summed E-state index contributed by atoms with van der Waals surface area (Å²) in [5.74, 6) is 2.88. The minimum absolute atomic E-state index is 0.171. The zero-order chi connectivity index (χ0) is 36.6. The predicted octanol–water partition coefficient (Wildman–Crippen LogP) is 7.51. The molecule has 0 fully saturated rings. The summed E-state index contributed by atoms with van der Waals surface area (Å²) in [7, 11) is 0. The summed E-state index contributed by atoms with van der Waals surface area (Å²) in [6.45, 7) is -5.54. The molecule has 52 heavy (non-hydrogen) atoms. The van der Waals surface area contributed by atoms with E-state index in [0.717, 1.165) is 21.2 Å². The summed E-state index contributed by atoms with van der Waals surface area (Å²) in [6.07, 6.45) is 0.940. The number of rotatable bonds is 13. The van der Waals surface area contributed by atoms with E-state index < -0.39 is 23.6 Å². The van der Waals surface area contributed by atoms with Gasteiger partial charge in [0.05, 0.1) is 9.85 Å². The standard InChI is InChI=1S/C42H34N2O6P2/c45-41(33-15-13-17-35(29-33)43(47)48)31-51(37-19-5-1-6-20-37,38-21-7-2-8-22-38)27-28-52(39-23-9-3-10-24-39,40-25-11-4-12-26-40)32-42(46)34-16-14-18-36(30-34)44(49)50/h1-26,29-32H,27-28H2. The molecule has 0 saturated heterocycles. The third kappa shape index (κ3) is 7.69. The highest BCUT2D eigenvalue weighted by Crippen LogP contribution is 2.52. The molecule has 0 aliphatic rings. The van der Waals surface area contributed by atoms with Crippen LogP contribution in [0.3, 0.4) is 0 Å². The van der Waals surface area contributed by atoms with Crippen LogP contribution in [0.5, 0.6) is 0 Å². The van der Waals surface area contributed by atoms with Crippen molar-refractivity contribution >= 4 is 69.5 Å². The Labute approximate surface area is 301 Å². The van der Waals surface area contributed by atoms with Gasteiger partial charge in [-0.3, -0.25) is 29.8 Å². The van der Waals surface area contributed by atoms with Crippen molar-refractivity contribution in [3.05, 3.63) is 201 Å². The van der Waals surface area contributed by atoms with E-state index in [4.69, 9.17) is 0 Å². The smallest absolute Gasteiger partial charge is 0.270 e. The first-order chi connectivity index (χ1) is 25.2. The number of Topliss-reactive ketones (excluding diaryl/α,β-unsaturated/α-hetero) is 2. The van der Waals surface area contributed by atoms with Crippen molar-refractivity contribution in [3.63, 3.8) is 0 Å². The highest BCUT2D eigenvalue weighted by Gasteiger charge is 2.31.